The number of benzene rings is 1. The van der Waals surface area contributed by atoms with Gasteiger partial charge < -0.3 is 9.47 Å². The Morgan fingerprint density at radius 2 is 1.73 bits per heavy atom. The van der Waals surface area contributed by atoms with E-state index in [-0.39, 0.29) is 31.4 Å². The maximum absolute atomic E-state index is 13.1. The summed E-state index contributed by atoms with van der Waals surface area (Å²) in [4.78, 5) is 23.6. The van der Waals surface area contributed by atoms with Crippen LogP contribution in [0.5, 0.6) is 0 Å². The van der Waals surface area contributed by atoms with Gasteiger partial charge in [-0.25, -0.2) is 9.18 Å². The van der Waals surface area contributed by atoms with Crippen molar-refractivity contribution in [2.45, 2.75) is 32.7 Å². The molecular formula is C16H22FNO4. The van der Waals surface area contributed by atoms with Gasteiger partial charge in [-0.05, 0) is 38.5 Å². The average Bonchev–Trinajstić information content (AvgIpc) is 2.48. The third-order valence-electron chi connectivity index (χ3n) is 3.22. The van der Waals surface area contributed by atoms with Crippen LogP contribution in [0.2, 0.25) is 0 Å². The van der Waals surface area contributed by atoms with Gasteiger partial charge >= 0.3 is 11.9 Å². The Hall–Kier alpha value is -1.95. The van der Waals surface area contributed by atoms with Crippen LogP contribution in [0, 0.1) is 5.82 Å². The Morgan fingerprint density at radius 1 is 1.14 bits per heavy atom. The van der Waals surface area contributed by atoms with E-state index in [0.717, 1.165) is 0 Å². The molecule has 1 aromatic rings. The summed E-state index contributed by atoms with van der Waals surface area (Å²) >= 11 is 0. The summed E-state index contributed by atoms with van der Waals surface area (Å²) < 4.78 is 23.0. The first kappa shape index (κ1) is 18.1. The van der Waals surface area contributed by atoms with Gasteiger partial charge in [0.25, 0.3) is 0 Å². The topological polar surface area (TPSA) is 64.6 Å². The van der Waals surface area contributed by atoms with Crippen LogP contribution >= 0.6 is 0 Å². The number of halogens is 1. The summed E-state index contributed by atoms with van der Waals surface area (Å²) in [5.74, 6) is -1.22. The summed E-state index contributed by atoms with van der Waals surface area (Å²) in [6.45, 7) is 5.87. The van der Waals surface area contributed by atoms with Gasteiger partial charge in [0.15, 0.2) is 0 Å². The van der Waals surface area contributed by atoms with Crippen molar-refractivity contribution < 1.29 is 23.5 Å². The van der Waals surface area contributed by atoms with E-state index in [2.05, 4.69) is 5.32 Å². The Labute approximate surface area is 129 Å². The van der Waals surface area contributed by atoms with Crippen LogP contribution in [-0.4, -0.2) is 31.7 Å². The molecule has 0 radical (unpaired) electrons. The molecule has 0 aliphatic rings. The second-order valence-corrected chi connectivity index (χ2v) is 4.83. The molecule has 5 nitrogen and oxygen atoms in total. The van der Waals surface area contributed by atoms with E-state index < -0.39 is 11.5 Å². The van der Waals surface area contributed by atoms with E-state index in [1.54, 1.807) is 20.8 Å². The van der Waals surface area contributed by atoms with Gasteiger partial charge in [0.05, 0.1) is 19.6 Å². The van der Waals surface area contributed by atoms with Gasteiger partial charge in [0.1, 0.15) is 11.4 Å². The quantitative estimate of drug-likeness (QED) is 0.745. The predicted molar refractivity (Wildman–Crippen MR) is 79.6 cm³/mol. The molecule has 0 saturated carbocycles. The molecule has 0 aliphatic carbocycles. The van der Waals surface area contributed by atoms with Crippen LogP contribution < -0.4 is 5.32 Å². The largest absolute Gasteiger partial charge is 0.466 e. The average molecular weight is 311 g/mol. The molecule has 1 aromatic carbocycles. The maximum Gasteiger partial charge on any atom is 0.330 e. The lowest BCUT2D eigenvalue weighted by molar-refractivity contribution is -0.151. The van der Waals surface area contributed by atoms with Crippen molar-refractivity contribution in [3.8, 4) is 0 Å². The van der Waals surface area contributed by atoms with Crippen LogP contribution in [0.4, 0.5) is 4.39 Å². The van der Waals surface area contributed by atoms with Gasteiger partial charge in [0.2, 0.25) is 0 Å². The lowest BCUT2D eigenvalue weighted by Crippen LogP contribution is -2.48. The number of esters is 2. The molecule has 0 amide bonds. The fourth-order valence-electron chi connectivity index (χ4n) is 2.00. The zero-order valence-electron chi connectivity index (χ0n) is 13.1. The van der Waals surface area contributed by atoms with E-state index in [4.69, 9.17) is 9.47 Å². The van der Waals surface area contributed by atoms with Crippen molar-refractivity contribution >= 4 is 11.9 Å². The summed E-state index contributed by atoms with van der Waals surface area (Å²) in [6.07, 6.45) is 0.129. The summed E-state index contributed by atoms with van der Waals surface area (Å²) in [5.41, 5.74) is -0.591. The first-order valence-electron chi connectivity index (χ1n) is 7.28. The van der Waals surface area contributed by atoms with Crippen molar-refractivity contribution in [2.24, 2.45) is 0 Å². The predicted octanol–water partition coefficient (Wildman–Crippen LogP) is 2.15. The highest BCUT2D eigenvalue weighted by Gasteiger charge is 2.36. The molecule has 6 heteroatoms. The highest BCUT2D eigenvalue weighted by molar-refractivity contribution is 5.82. The monoisotopic (exact) mass is 311 g/mol. The third kappa shape index (κ3) is 4.80. The molecule has 1 unspecified atom stereocenters. The molecule has 0 heterocycles. The van der Waals surface area contributed by atoms with Crippen LogP contribution in [-0.2, 0) is 24.6 Å². The Bertz CT molecular complexity index is 503. The normalized spacial score (nSPS) is 13.3. The summed E-state index contributed by atoms with van der Waals surface area (Å²) in [6, 6.07) is 5.59. The number of hydrogen-bond acceptors (Lipinski definition) is 5. The number of rotatable bonds is 8. The lowest BCUT2D eigenvalue weighted by Gasteiger charge is -2.29. The summed E-state index contributed by atoms with van der Waals surface area (Å²) in [5, 5.41) is 3.01. The fourth-order valence-corrected chi connectivity index (χ4v) is 2.00. The van der Waals surface area contributed by atoms with Crippen molar-refractivity contribution in [3.05, 3.63) is 35.6 Å². The zero-order valence-corrected chi connectivity index (χ0v) is 13.1. The Balaban J connectivity index is 2.85. The number of carbonyl (C=O) groups excluding carboxylic acids is 2. The van der Waals surface area contributed by atoms with Gasteiger partial charge in [-0.15, -0.1) is 0 Å². The van der Waals surface area contributed by atoms with Crippen molar-refractivity contribution in [3.63, 3.8) is 0 Å². The molecule has 0 aromatic heterocycles. The molecule has 22 heavy (non-hydrogen) atoms. The first-order chi connectivity index (χ1) is 10.4. The minimum absolute atomic E-state index is 0.129. The van der Waals surface area contributed by atoms with E-state index in [9.17, 15) is 14.0 Å². The van der Waals surface area contributed by atoms with Gasteiger partial charge in [-0.1, -0.05) is 12.1 Å². The second kappa shape index (κ2) is 8.48. The second-order valence-electron chi connectivity index (χ2n) is 4.83. The highest BCUT2D eigenvalue weighted by atomic mass is 19.1. The molecule has 0 fully saturated rings. The minimum atomic E-state index is -1.16. The van der Waals surface area contributed by atoms with E-state index in [1.165, 1.54) is 24.3 Å². The maximum atomic E-state index is 13.1. The molecule has 1 rings (SSSR count). The highest BCUT2D eigenvalue weighted by Crippen LogP contribution is 2.23. The SMILES string of the molecule is CCOC(=O)CCNC(C)(C(=O)OCC)c1ccc(F)cc1. The zero-order chi connectivity index (χ0) is 16.6. The molecular weight excluding hydrogens is 289 g/mol. The smallest absolute Gasteiger partial charge is 0.330 e. The van der Waals surface area contributed by atoms with Crippen LogP contribution in [0.3, 0.4) is 0 Å². The molecule has 0 aliphatic heterocycles. The molecule has 0 saturated heterocycles. The van der Waals surface area contributed by atoms with Gasteiger partial charge in [-0.3, -0.25) is 10.1 Å². The number of nitrogens with one attached hydrogen (secondary N) is 1. The van der Waals surface area contributed by atoms with Crippen molar-refractivity contribution in [1.82, 2.24) is 5.32 Å². The van der Waals surface area contributed by atoms with E-state index in [1.807, 2.05) is 0 Å². The summed E-state index contributed by atoms with van der Waals surface area (Å²) in [7, 11) is 0. The van der Waals surface area contributed by atoms with Crippen LogP contribution in [0.15, 0.2) is 24.3 Å². The van der Waals surface area contributed by atoms with Gasteiger partial charge in [0, 0.05) is 6.54 Å². The molecule has 0 bridgehead atoms. The van der Waals surface area contributed by atoms with Crippen LogP contribution in [0.1, 0.15) is 32.8 Å². The third-order valence-corrected chi connectivity index (χ3v) is 3.22. The standard InChI is InChI=1S/C16H22FNO4/c1-4-21-14(19)10-11-18-16(3,15(20)22-5-2)12-6-8-13(17)9-7-12/h6-9,18H,4-5,10-11H2,1-3H3. The fraction of sp³-hybridized carbons (Fsp3) is 0.500. The minimum Gasteiger partial charge on any atom is -0.466 e. The van der Waals surface area contributed by atoms with Crippen LogP contribution in [0.25, 0.3) is 0 Å². The molecule has 1 N–H and O–H groups in total. The van der Waals surface area contributed by atoms with E-state index >= 15 is 0 Å². The first-order valence-corrected chi connectivity index (χ1v) is 7.28. The molecule has 0 spiro atoms. The van der Waals surface area contributed by atoms with Crippen molar-refractivity contribution in [2.75, 3.05) is 19.8 Å². The Kier molecular flexibility index (Phi) is 6.98. The number of ether oxygens (including phenoxy) is 2. The van der Waals surface area contributed by atoms with Gasteiger partial charge in [-0.2, -0.15) is 0 Å². The molecule has 122 valence electrons. The van der Waals surface area contributed by atoms with Crippen molar-refractivity contribution in [1.29, 1.82) is 0 Å². The Morgan fingerprint density at radius 3 is 2.27 bits per heavy atom. The van der Waals surface area contributed by atoms with E-state index in [0.29, 0.717) is 12.2 Å². The number of hydrogen-bond donors (Lipinski definition) is 1. The molecule has 1 atom stereocenters. The lowest BCUT2D eigenvalue weighted by atomic mass is 9.91. The number of carbonyl (C=O) groups is 2.